The van der Waals surface area contributed by atoms with Crippen LogP contribution >= 0.6 is 11.3 Å². The van der Waals surface area contributed by atoms with Crippen molar-refractivity contribution in [3.8, 4) is 0 Å². The number of hydrogen-bond donors (Lipinski definition) is 5. The second kappa shape index (κ2) is 20.5. The quantitative estimate of drug-likeness (QED) is 0.222. The topological polar surface area (TPSA) is 204 Å². The predicted octanol–water partition coefficient (Wildman–Crippen LogP) is 3.86. The highest BCUT2D eigenvalue weighted by Crippen LogP contribution is 2.29. The number of nitrogens with zero attached hydrogens (tertiary/aromatic N) is 4. The van der Waals surface area contributed by atoms with Gasteiger partial charge in [-0.25, -0.2) is 10.0 Å². The summed E-state index contributed by atoms with van der Waals surface area (Å²) in [6, 6.07) is 3.91. The van der Waals surface area contributed by atoms with Gasteiger partial charge in [0.05, 0.1) is 25.1 Å². The Kier molecular flexibility index (Phi) is 15.9. The van der Waals surface area contributed by atoms with Crippen molar-refractivity contribution in [3.63, 3.8) is 0 Å². The summed E-state index contributed by atoms with van der Waals surface area (Å²) < 4.78 is 0. The maximum absolute atomic E-state index is 14.9. The van der Waals surface area contributed by atoms with Gasteiger partial charge in [0.2, 0.25) is 35.4 Å². The van der Waals surface area contributed by atoms with Crippen LogP contribution in [0, 0.1) is 22.7 Å². The number of carbonyl (C=O) groups is 6. The highest BCUT2D eigenvalue weighted by Gasteiger charge is 2.44. The molecule has 0 radical (unpaired) electrons. The van der Waals surface area contributed by atoms with Crippen molar-refractivity contribution in [1.82, 2.24) is 41.5 Å². The molecule has 1 aromatic carbocycles. The standard InChI is InChI=1S/C45H67N9O7S/c1-26(2)33-39(57)52-36(44(5,6)7)38(47-25-32(56)53-21-18-27(3)35(53)41(59)49-33)51-37(45(8,9)10)42(60)50-34(28(4)29-16-12-11-13-17-29)40(58)48-30(43-46-19-23-62-43)24-31(55)54-20-14-15-22-61-54/h11-13,16-17,19,23,26-28,30,33-37H,14-15,18,20-22,24-25H2,1-10H3,(H,47,51)(H,48,58)(H,49,59)(H,50,60)(H,52,57)/t27-,28?,30-,33+,34+,35?,36-,37-/m1/s1. The van der Waals surface area contributed by atoms with Crippen molar-refractivity contribution in [2.75, 3.05) is 26.2 Å². The molecule has 5 N–H and O–H groups in total. The van der Waals surface area contributed by atoms with E-state index in [0.29, 0.717) is 31.1 Å². The van der Waals surface area contributed by atoms with Gasteiger partial charge in [0, 0.05) is 30.6 Å². The number of amides is 6. The predicted molar refractivity (Wildman–Crippen MR) is 237 cm³/mol. The van der Waals surface area contributed by atoms with E-state index >= 15 is 0 Å². The number of fused-ring (bicyclic) bond motifs is 1. The Morgan fingerprint density at radius 1 is 0.935 bits per heavy atom. The van der Waals surface area contributed by atoms with E-state index in [1.165, 1.54) is 16.4 Å². The Morgan fingerprint density at radius 3 is 2.24 bits per heavy atom. The van der Waals surface area contributed by atoms with Crippen LogP contribution in [0.4, 0.5) is 0 Å². The zero-order valence-electron chi connectivity index (χ0n) is 37.9. The molecule has 3 aliphatic rings. The lowest BCUT2D eigenvalue weighted by molar-refractivity contribution is -0.197. The van der Waals surface area contributed by atoms with Crippen LogP contribution in [0.3, 0.4) is 0 Å². The lowest BCUT2D eigenvalue weighted by Crippen LogP contribution is -2.65. The second-order valence-electron chi connectivity index (χ2n) is 19.3. The number of hydroxylamine groups is 2. The average molecular weight is 878 g/mol. The van der Waals surface area contributed by atoms with E-state index in [0.717, 1.165) is 18.4 Å². The Labute approximate surface area is 370 Å². The van der Waals surface area contributed by atoms with Crippen LogP contribution in [0.25, 0.3) is 0 Å². The van der Waals surface area contributed by atoms with E-state index < -0.39 is 70.7 Å². The first kappa shape index (κ1) is 48.1. The maximum atomic E-state index is 14.9. The molecular formula is C45H67N9O7S. The number of benzene rings is 1. The van der Waals surface area contributed by atoms with Gasteiger partial charge in [-0.2, -0.15) is 0 Å². The molecule has 16 nitrogen and oxygen atoms in total. The number of nitrogens with one attached hydrogen (secondary N) is 5. The fourth-order valence-electron chi connectivity index (χ4n) is 8.16. The van der Waals surface area contributed by atoms with Crippen molar-refractivity contribution in [2.24, 2.45) is 27.7 Å². The van der Waals surface area contributed by atoms with Crippen molar-refractivity contribution >= 4 is 52.6 Å². The van der Waals surface area contributed by atoms with Crippen LogP contribution in [0.1, 0.15) is 117 Å². The molecule has 0 bridgehead atoms. The number of amidine groups is 1. The Hall–Kier alpha value is -4.90. The van der Waals surface area contributed by atoms with Gasteiger partial charge in [-0.05, 0) is 47.5 Å². The first-order valence-electron chi connectivity index (χ1n) is 21.9. The van der Waals surface area contributed by atoms with Crippen LogP contribution in [-0.4, -0.2) is 113 Å². The van der Waals surface area contributed by atoms with E-state index in [2.05, 4.69) is 31.6 Å². The molecule has 2 unspecified atom stereocenters. The third kappa shape index (κ3) is 12.0. The largest absolute Gasteiger partial charge is 0.360 e. The van der Waals surface area contributed by atoms with Gasteiger partial charge >= 0.3 is 0 Å². The van der Waals surface area contributed by atoms with Crippen LogP contribution in [0.5, 0.6) is 0 Å². The molecule has 2 fully saturated rings. The van der Waals surface area contributed by atoms with E-state index in [1.54, 1.807) is 16.5 Å². The summed E-state index contributed by atoms with van der Waals surface area (Å²) in [6.45, 7) is 19.8. The third-order valence-corrected chi connectivity index (χ3v) is 12.8. The highest BCUT2D eigenvalue weighted by atomic mass is 32.1. The van der Waals surface area contributed by atoms with Crippen LogP contribution in [-0.2, 0) is 33.6 Å². The van der Waals surface area contributed by atoms with Crippen molar-refractivity contribution < 1.29 is 33.6 Å². The minimum absolute atomic E-state index is 0.0945. The van der Waals surface area contributed by atoms with Crippen molar-refractivity contribution in [3.05, 3.63) is 52.5 Å². The molecule has 340 valence electrons. The molecule has 1 aromatic heterocycles. The maximum Gasteiger partial charge on any atom is 0.248 e. The van der Waals surface area contributed by atoms with Crippen LogP contribution in [0.15, 0.2) is 46.9 Å². The first-order valence-corrected chi connectivity index (χ1v) is 22.7. The number of hydrogen-bond acceptors (Lipinski definition) is 11. The van der Waals surface area contributed by atoms with Crippen LogP contribution in [0.2, 0.25) is 0 Å². The van der Waals surface area contributed by atoms with Gasteiger partial charge in [0.15, 0.2) is 0 Å². The second-order valence-corrected chi connectivity index (χ2v) is 20.3. The summed E-state index contributed by atoms with van der Waals surface area (Å²) in [5.41, 5.74) is -0.705. The first-order chi connectivity index (χ1) is 29.2. The molecule has 2 saturated heterocycles. The fraction of sp³-hybridized carbons (Fsp3) is 0.644. The Balaban J connectivity index is 1.50. The molecule has 17 heteroatoms. The molecular weight excluding hydrogens is 811 g/mol. The highest BCUT2D eigenvalue weighted by molar-refractivity contribution is 7.09. The number of thiazole rings is 1. The minimum atomic E-state index is -1.12. The number of aliphatic imine (C=N–C) groups is 1. The van der Waals surface area contributed by atoms with Crippen molar-refractivity contribution in [2.45, 2.75) is 137 Å². The van der Waals surface area contributed by atoms with E-state index in [4.69, 9.17) is 9.83 Å². The molecule has 8 atom stereocenters. The molecule has 4 heterocycles. The third-order valence-electron chi connectivity index (χ3n) is 11.9. The molecule has 0 saturated carbocycles. The van der Waals surface area contributed by atoms with Gasteiger partial charge in [0.1, 0.15) is 41.6 Å². The van der Waals surface area contributed by atoms with E-state index in [1.807, 2.05) is 99.6 Å². The fourth-order valence-corrected chi connectivity index (χ4v) is 8.85. The molecule has 0 spiro atoms. The zero-order chi connectivity index (χ0) is 45.5. The van der Waals surface area contributed by atoms with Gasteiger partial charge in [-0.1, -0.05) is 99.6 Å². The number of carbonyl (C=O) groups excluding carboxylic acids is 6. The average Bonchev–Trinajstić information content (AvgIpc) is 3.90. The molecule has 6 amide bonds. The Bertz CT molecular complexity index is 1920. The monoisotopic (exact) mass is 877 g/mol. The summed E-state index contributed by atoms with van der Waals surface area (Å²) in [5, 5.41) is 19.2. The smallest absolute Gasteiger partial charge is 0.248 e. The van der Waals surface area contributed by atoms with Gasteiger partial charge in [0.25, 0.3) is 0 Å². The number of aromatic nitrogens is 1. The van der Waals surface area contributed by atoms with Gasteiger partial charge in [-0.3, -0.25) is 38.6 Å². The SMILES string of the molecule is CC(C)[C@@H]1NC(=O)C2[C@H](C)CCN2C(=O)CN=C(N[C@H](C(=O)N[C@H](C(=O)N[C@H](CC(=O)N2CCCCO2)c2nccs2)C(C)c2ccccc2)C(C)(C)C)[C@H](C(C)(C)C)NC1=O. The van der Waals surface area contributed by atoms with Crippen molar-refractivity contribution in [1.29, 1.82) is 0 Å². The lowest BCUT2D eigenvalue weighted by Gasteiger charge is -2.39. The molecule has 3 aliphatic heterocycles. The van der Waals surface area contributed by atoms with Crippen LogP contribution < -0.4 is 26.6 Å². The van der Waals surface area contributed by atoms with E-state index in [9.17, 15) is 28.8 Å². The Morgan fingerprint density at radius 2 is 1.65 bits per heavy atom. The molecule has 62 heavy (non-hydrogen) atoms. The summed E-state index contributed by atoms with van der Waals surface area (Å²) in [4.78, 5) is 101. The molecule has 0 aliphatic carbocycles. The van der Waals surface area contributed by atoms with E-state index in [-0.39, 0.29) is 48.4 Å². The summed E-state index contributed by atoms with van der Waals surface area (Å²) in [7, 11) is 0. The summed E-state index contributed by atoms with van der Waals surface area (Å²) in [6.07, 6.45) is 3.81. The molecule has 5 rings (SSSR count). The van der Waals surface area contributed by atoms with Gasteiger partial charge in [-0.15, -0.1) is 11.3 Å². The van der Waals surface area contributed by atoms with Gasteiger partial charge < -0.3 is 31.5 Å². The zero-order valence-corrected chi connectivity index (χ0v) is 38.8. The molecule has 2 aromatic rings. The summed E-state index contributed by atoms with van der Waals surface area (Å²) in [5.74, 6) is -3.19. The number of rotatable bonds is 11. The lowest BCUT2D eigenvalue weighted by atomic mass is 9.82. The normalized spacial score (nSPS) is 23.7. The summed E-state index contributed by atoms with van der Waals surface area (Å²) >= 11 is 1.31. The minimum Gasteiger partial charge on any atom is -0.360 e.